The zero-order valence-electron chi connectivity index (χ0n) is 37.4. The number of hydrogen-bond donors (Lipinski definition) is 7. The van der Waals surface area contributed by atoms with E-state index < -0.39 is 35.3 Å². The van der Waals surface area contributed by atoms with E-state index in [0.717, 1.165) is 12.1 Å². The first kappa shape index (κ1) is 45.2. The molecule has 0 aliphatic rings. The molecule has 3 atom stereocenters. The van der Waals surface area contributed by atoms with Crippen molar-refractivity contribution in [2.24, 2.45) is 11.5 Å². The van der Waals surface area contributed by atoms with E-state index in [0.29, 0.717) is 64.2 Å². The van der Waals surface area contributed by atoms with Crippen molar-refractivity contribution in [2.75, 3.05) is 31.0 Å². The van der Waals surface area contributed by atoms with E-state index in [1.807, 2.05) is 48.5 Å². The lowest BCUT2D eigenvalue weighted by atomic mass is 9.84. The second-order valence-electron chi connectivity index (χ2n) is 16.2. The topological polar surface area (TPSA) is 269 Å². The Labute approximate surface area is 395 Å². The number of nitrogens with zero attached hydrogens (tertiary/aromatic N) is 10. The maximum Gasteiger partial charge on any atom is 0.233 e. The quantitative estimate of drug-likeness (QED) is 0.0356. The molecule has 9 N–H and O–H groups in total. The lowest BCUT2D eigenvalue weighted by Gasteiger charge is -2.42. The highest BCUT2D eigenvalue weighted by Gasteiger charge is 2.46. The molecule has 354 valence electrons. The van der Waals surface area contributed by atoms with Crippen molar-refractivity contribution in [2.45, 2.75) is 37.1 Å². The molecule has 6 aromatic heterocycles. The molecule has 3 unspecified atom stereocenters. The zero-order chi connectivity index (χ0) is 48.5. The minimum absolute atomic E-state index is 0.00110. The van der Waals surface area contributed by atoms with Gasteiger partial charge in [-0.25, -0.2) is 33.1 Å². The van der Waals surface area contributed by atoms with Crippen molar-refractivity contribution in [3.8, 4) is 45.3 Å². The van der Waals surface area contributed by atoms with E-state index >= 15 is 8.78 Å². The Kier molecular flexibility index (Phi) is 12.2. The third-order valence-corrected chi connectivity index (χ3v) is 12.1. The van der Waals surface area contributed by atoms with Crippen LogP contribution >= 0.6 is 0 Å². The third-order valence-electron chi connectivity index (χ3n) is 12.1. The zero-order valence-corrected chi connectivity index (χ0v) is 37.4. The van der Waals surface area contributed by atoms with Crippen LogP contribution in [0.5, 0.6) is 11.5 Å². The Morgan fingerprint density at radius 2 is 1.23 bits per heavy atom. The summed E-state index contributed by atoms with van der Waals surface area (Å²) in [7, 11) is 3.13. The highest BCUT2D eigenvalue weighted by molar-refractivity contribution is 5.94. The van der Waals surface area contributed by atoms with Gasteiger partial charge in [0.05, 0.1) is 53.0 Å². The highest BCUT2D eigenvalue weighted by atomic mass is 19.1. The highest BCUT2D eigenvalue weighted by Crippen LogP contribution is 2.39. The number of ether oxygens (including phenoxy) is 2. The van der Waals surface area contributed by atoms with Gasteiger partial charge in [0.25, 0.3) is 0 Å². The molecule has 19 nitrogen and oxygen atoms in total. The van der Waals surface area contributed by atoms with E-state index in [4.69, 9.17) is 40.9 Å². The number of rotatable bonds is 17. The van der Waals surface area contributed by atoms with Gasteiger partial charge in [-0.15, -0.1) is 0 Å². The van der Waals surface area contributed by atoms with Crippen LogP contribution in [0, 0.1) is 17.5 Å². The smallest absolute Gasteiger partial charge is 0.233 e. The number of anilines is 3. The number of nitrogens with one attached hydrogen (secondary N) is 4. The Balaban J connectivity index is 1.14. The molecule has 22 heteroatoms. The summed E-state index contributed by atoms with van der Waals surface area (Å²) >= 11 is 0. The van der Waals surface area contributed by atoms with Crippen LogP contribution in [-0.2, 0) is 5.54 Å². The van der Waals surface area contributed by atoms with Gasteiger partial charge in [-0.3, -0.25) is 20.2 Å². The van der Waals surface area contributed by atoms with Crippen molar-refractivity contribution < 1.29 is 27.8 Å². The lowest BCUT2D eigenvalue weighted by molar-refractivity contribution is 0.0540. The van der Waals surface area contributed by atoms with Crippen LogP contribution in [0.25, 0.3) is 66.9 Å². The first-order chi connectivity index (χ1) is 34.1. The van der Waals surface area contributed by atoms with E-state index in [1.165, 1.54) is 41.4 Å². The van der Waals surface area contributed by atoms with Crippen LogP contribution in [0.2, 0.25) is 0 Å². The standard InChI is InChI=1S/C48H43F3N16O3/c1-69-34-14-5-3-10-27(34)37-29-22-54-45(57-41(29)64-61-37)48(53,20-7-8-21-52)40(68)44(60-46-55-23-30-38(62-65-42(30)58-46)28-11-4-6-15-35(28)70-2)67(26-18-16-25(49)17-19-26)47-56-24-31-39(63-66-43(31)59-47)36-32(50)12-9-13-33(36)51/h3-6,9-19,22-24,40,44,68H,7-8,20-21,52-53H2,1-2H3,(H,54,57,61,64)(H,56,59,63,66)(H2,55,58,60,62,65). The molecule has 0 saturated heterocycles. The van der Waals surface area contributed by atoms with Crippen LogP contribution in [0.1, 0.15) is 25.1 Å². The molecule has 0 fully saturated rings. The van der Waals surface area contributed by atoms with Gasteiger partial charge in [-0.2, -0.15) is 25.3 Å². The summed E-state index contributed by atoms with van der Waals surface area (Å²) in [6.45, 7) is 0.321. The maximum absolute atomic E-state index is 15.1. The van der Waals surface area contributed by atoms with E-state index in [9.17, 15) is 9.50 Å². The number of hydrogen-bond acceptors (Lipinski definition) is 16. The fourth-order valence-electron chi connectivity index (χ4n) is 8.51. The normalized spacial score (nSPS) is 13.4. The van der Waals surface area contributed by atoms with Gasteiger partial charge in [0.15, 0.2) is 22.8 Å². The molecular weight excluding hydrogens is 906 g/mol. The fraction of sp³-hybridized carbons (Fsp3) is 0.188. The summed E-state index contributed by atoms with van der Waals surface area (Å²) in [5, 5.41) is 39.9. The number of H-pyrrole nitrogens is 3. The van der Waals surface area contributed by atoms with E-state index in [1.54, 1.807) is 26.6 Å². The number of fused-ring (bicyclic) bond motifs is 3. The number of nitrogens with two attached hydrogens (primary N) is 2. The van der Waals surface area contributed by atoms with Gasteiger partial charge in [-0.1, -0.05) is 30.3 Å². The first-order valence-electron chi connectivity index (χ1n) is 21.9. The fourth-order valence-corrected chi connectivity index (χ4v) is 8.51. The monoisotopic (exact) mass is 948 g/mol. The van der Waals surface area contributed by atoms with Crippen molar-refractivity contribution >= 4 is 50.7 Å². The van der Waals surface area contributed by atoms with Gasteiger partial charge in [-0.05, 0) is 86.5 Å². The third kappa shape index (κ3) is 8.18. The summed E-state index contributed by atoms with van der Waals surface area (Å²) in [6.07, 6.45) is 2.26. The number of halogens is 3. The van der Waals surface area contributed by atoms with Gasteiger partial charge in [0.1, 0.15) is 46.8 Å². The average Bonchev–Trinajstić information content (AvgIpc) is 4.13. The van der Waals surface area contributed by atoms with Gasteiger partial charge < -0.3 is 31.4 Å². The predicted octanol–water partition coefficient (Wildman–Crippen LogP) is 7.04. The molecule has 0 spiro atoms. The minimum Gasteiger partial charge on any atom is -0.496 e. The molecule has 70 heavy (non-hydrogen) atoms. The Hall–Kier alpha value is -8.60. The Morgan fingerprint density at radius 1 is 0.671 bits per heavy atom. The number of aromatic nitrogens is 12. The molecule has 10 aromatic rings. The van der Waals surface area contributed by atoms with Crippen LogP contribution in [0.15, 0.2) is 110 Å². The molecule has 0 aliphatic carbocycles. The number of aliphatic hydroxyl groups is 1. The van der Waals surface area contributed by atoms with Crippen molar-refractivity contribution in [1.29, 1.82) is 0 Å². The molecule has 4 aromatic carbocycles. The Morgan fingerprint density at radius 3 is 1.86 bits per heavy atom. The molecule has 0 radical (unpaired) electrons. The van der Waals surface area contributed by atoms with Gasteiger partial charge in [0, 0.05) is 35.4 Å². The molecular formula is C48H43F3N16O3. The average molecular weight is 949 g/mol. The van der Waals surface area contributed by atoms with Gasteiger partial charge >= 0.3 is 0 Å². The van der Waals surface area contributed by atoms with Crippen molar-refractivity contribution in [3.05, 3.63) is 133 Å². The Bertz CT molecular complexity index is 3480. The first-order valence-corrected chi connectivity index (χ1v) is 21.9. The van der Waals surface area contributed by atoms with E-state index in [-0.39, 0.29) is 63.4 Å². The minimum atomic E-state index is -1.83. The molecule has 0 bridgehead atoms. The number of aromatic amines is 3. The summed E-state index contributed by atoms with van der Waals surface area (Å²) in [4.78, 5) is 30.0. The molecule has 0 aliphatic heterocycles. The van der Waals surface area contributed by atoms with Crippen molar-refractivity contribution in [3.63, 3.8) is 0 Å². The SMILES string of the molecule is COc1ccccc1-c1[nH]nc2nc(NC(C(O)C(N)(CCCCN)c3ncc4c(-c5ccccc5OC)[nH]nc4n3)N(c3ccc(F)cc3)c3ncc4c(-c5c(F)cccc5F)[nH]nc4n3)ncc12. The summed E-state index contributed by atoms with van der Waals surface area (Å²) < 4.78 is 56.2. The molecule has 6 heterocycles. The number of unbranched alkanes of at least 4 members (excludes halogenated alkanes) is 1. The molecule has 10 rings (SSSR count). The maximum atomic E-state index is 15.1. The van der Waals surface area contributed by atoms with Gasteiger partial charge in [0.2, 0.25) is 11.9 Å². The lowest BCUT2D eigenvalue weighted by Crippen LogP contribution is -2.61. The van der Waals surface area contributed by atoms with Crippen molar-refractivity contribution in [1.82, 2.24) is 60.5 Å². The van der Waals surface area contributed by atoms with Crippen LogP contribution < -0.4 is 31.2 Å². The summed E-state index contributed by atoms with van der Waals surface area (Å²) in [5.74, 6) is -1.18. The van der Waals surface area contributed by atoms with Crippen LogP contribution in [0.3, 0.4) is 0 Å². The van der Waals surface area contributed by atoms with E-state index in [2.05, 4.69) is 45.9 Å². The predicted molar refractivity (Wildman–Crippen MR) is 255 cm³/mol. The largest absolute Gasteiger partial charge is 0.496 e. The number of aliphatic hydroxyl groups excluding tert-OH is 1. The number of benzene rings is 4. The second kappa shape index (κ2) is 18.8. The number of methoxy groups -OCH3 is 2. The molecule has 0 saturated carbocycles. The second-order valence-corrected chi connectivity index (χ2v) is 16.2. The van der Waals surface area contributed by atoms with Crippen LogP contribution in [-0.4, -0.2) is 98.6 Å². The summed E-state index contributed by atoms with van der Waals surface area (Å²) in [5.41, 5.74) is 14.7. The summed E-state index contributed by atoms with van der Waals surface area (Å²) in [6, 6.07) is 23.6. The number of para-hydroxylation sites is 2. The molecule has 0 amide bonds. The van der Waals surface area contributed by atoms with Crippen LogP contribution in [0.4, 0.5) is 30.8 Å².